The number of hydrogen-bond acceptors (Lipinski definition) is 1. The van der Waals surface area contributed by atoms with Gasteiger partial charge in [0.2, 0.25) is 0 Å². The van der Waals surface area contributed by atoms with Crippen molar-refractivity contribution in [1.29, 1.82) is 0 Å². The Morgan fingerprint density at radius 2 is 2.00 bits per heavy atom. The van der Waals surface area contributed by atoms with Gasteiger partial charge in [-0.25, -0.2) is 4.39 Å². The largest absolute Gasteiger partial charge is 0.375 e. The molecule has 1 aromatic rings. The minimum absolute atomic E-state index is 0.165. The van der Waals surface area contributed by atoms with Crippen molar-refractivity contribution >= 4 is 28.3 Å². The predicted molar refractivity (Wildman–Crippen MR) is 53.4 cm³/mol. The van der Waals surface area contributed by atoms with Crippen molar-refractivity contribution in [3.05, 3.63) is 27.6 Å². The SMILES string of the molecule is CN(C)c1ccc(I)cc1F. The zero-order valence-electron chi connectivity index (χ0n) is 6.44. The highest BCUT2D eigenvalue weighted by Crippen LogP contribution is 2.18. The van der Waals surface area contributed by atoms with Crippen LogP contribution in [-0.4, -0.2) is 14.1 Å². The van der Waals surface area contributed by atoms with Crippen molar-refractivity contribution < 1.29 is 4.39 Å². The van der Waals surface area contributed by atoms with Gasteiger partial charge in [-0.3, -0.25) is 0 Å². The molecule has 0 unspecified atom stereocenters. The first-order valence-electron chi connectivity index (χ1n) is 3.23. The smallest absolute Gasteiger partial charge is 0.147 e. The molecule has 0 heterocycles. The van der Waals surface area contributed by atoms with E-state index >= 15 is 0 Å². The molecule has 0 saturated heterocycles. The van der Waals surface area contributed by atoms with Crippen molar-refractivity contribution in [1.82, 2.24) is 0 Å². The maximum atomic E-state index is 13.1. The summed E-state index contributed by atoms with van der Waals surface area (Å²) in [5.74, 6) is -0.165. The Hall–Kier alpha value is -0.320. The van der Waals surface area contributed by atoms with E-state index in [4.69, 9.17) is 0 Å². The van der Waals surface area contributed by atoms with Gasteiger partial charge in [-0.1, -0.05) is 0 Å². The van der Waals surface area contributed by atoms with Crippen LogP contribution < -0.4 is 4.90 Å². The van der Waals surface area contributed by atoms with Crippen molar-refractivity contribution in [2.45, 2.75) is 0 Å². The second-order valence-corrected chi connectivity index (χ2v) is 3.74. The van der Waals surface area contributed by atoms with Crippen molar-refractivity contribution in [3.8, 4) is 0 Å². The maximum absolute atomic E-state index is 13.1. The average molecular weight is 265 g/mol. The van der Waals surface area contributed by atoms with Gasteiger partial charge in [-0.05, 0) is 40.8 Å². The van der Waals surface area contributed by atoms with Crippen LogP contribution in [0.5, 0.6) is 0 Å². The van der Waals surface area contributed by atoms with Crippen molar-refractivity contribution in [2.75, 3.05) is 19.0 Å². The van der Waals surface area contributed by atoms with Crippen LogP contribution in [-0.2, 0) is 0 Å². The molecule has 1 nitrogen and oxygen atoms in total. The Bertz CT molecular complexity index is 260. The van der Waals surface area contributed by atoms with Gasteiger partial charge in [0, 0.05) is 17.7 Å². The summed E-state index contributed by atoms with van der Waals surface area (Å²) in [5.41, 5.74) is 0.630. The summed E-state index contributed by atoms with van der Waals surface area (Å²) >= 11 is 2.09. The molecule has 1 aromatic carbocycles. The molecule has 11 heavy (non-hydrogen) atoms. The number of benzene rings is 1. The summed E-state index contributed by atoms with van der Waals surface area (Å²) in [6.07, 6.45) is 0. The van der Waals surface area contributed by atoms with Gasteiger partial charge in [0.25, 0.3) is 0 Å². The maximum Gasteiger partial charge on any atom is 0.147 e. The van der Waals surface area contributed by atoms with Gasteiger partial charge in [0.15, 0.2) is 0 Å². The molecule has 0 N–H and O–H groups in total. The van der Waals surface area contributed by atoms with Crippen LogP contribution in [0.1, 0.15) is 0 Å². The summed E-state index contributed by atoms with van der Waals surface area (Å²) < 4.78 is 14.0. The van der Waals surface area contributed by atoms with Crippen molar-refractivity contribution in [3.63, 3.8) is 0 Å². The fraction of sp³-hybridized carbons (Fsp3) is 0.250. The molecule has 0 radical (unpaired) electrons. The van der Waals surface area contributed by atoms with E-state index in [0.29, 0.717) is 5.69 Å². The Kier molecular flexibility index (Phi) is 2.70. The van der Waals surface area contributed by atoms with E-state index in [1.165, 1.54) is 6.07 Å². The number of nitrogens with zero attached hydrogens (tertiary/aromatic N) is 1. The molecule has 0 atom stereocenters. The van der Waals surface area contributed by atoms with E-state index in [0.717, 1.165) is 3.57 Å². The monoisotopic (exact) mass is 265 g/mol. The first-order valence-corrected chi connectivity index (χ1v) is 4.31. The van der Waals surface area contributed by atoms with E-state index in [9.17, 15) is 4.39 Å². The standard InChI is InChI=1S/C8H9FIN/c1-11(2)8-4-3-6(10)5-7(8)9/h3-5H,1-2H3. The topological polar surface area (TPSA) is 3.24 Å². The predicted octanol–water partition coefficient (Wildman–Crippen LogP) is 2.50. The van der Waals surface area contributed by atoms with Gasteiger partial charge in [0.05, 0.1) is 5.69 Å². The molecular formula is C8H9FIN. The van der Waals surface area contributed by atoms with E-state index in [1.54, 1.807) is 11.0 Å². The van der Waals surface area contributed by atoms with Crippen LogP contribution in [0.3, 0.4) is 0 Å². The molecule has 0 aliphatic heterocycles. The summed E-state index contributed by atoms with van der Waals surface area (Å²) in [4.78, 5) is 1.76. The zero-order valence-corrected chi connectivity index (χ0v) is 8.59. The molecule has 3 heteroatoms. The van der Waals surface area contributed by atoms with Crippen LogP contribution in [0.25, 0.3) is 0 Å². The second-order valence-electron chi connectivity index (χ2n) is 2.49. The molecule has 0 amide bonds. The molecular weight excluding hydrogens is 256 g/mol. The van der Waals surface area contributed by atoms with Crippen LogP contribution in [0.2, 0.25) is 0 Å². The lowest BCUT2D eigenvalue weighted by atomic mass is 10.3. The van der Waals surface area contributed by atoms with Gasteiger partial charge in [0.1, 0.15) is 5.82 Å². The summed E-state index contributed by atoms with van der Waals surface area (Å²) in [5, 5.41) is 0. The quantitative estimate of drug-likeness (QED) is 0.705. The zero-order chi connectivity index (χ0) is 8.43. The van der Waals surface area contributed by atoms with Crippen LogP contribution in [0, 0.1) is 9.39 Å². The number of halogens is 2. The first-order chi connectivity index (χ1) is 5.11. The molecule has 0 aliphatic rings. The summed E-state index contributed by atoms with van der Waals surface area (Å²) in [6, 6.07) is 5.19. The van der Waals surface area contributed by atoms with E-state index in [-0.39, 0.29) is 5.82 Å². The average Bonchev–Trinajstić information content (AvgIpc) is 1.85. The highest BCUT2D eigenvalue weighted by molar-refractivity contribution is 14.1. The van der Waals surface area contributed by atoms with Gasteiger partial charge in [-0.2, -0.15) is 0 Å². The molecule has 0 fully saturated rings. The molecule has 0 aliphatic carbocycles. The molecule has 0 aromatic heterocycles. The Morgan fingerprint density at radius 1 is 1.36 bits per heavy atom. The molecule has 0 spiro atoms. The van der Waals surface area contributed by atoms with Crippen molar-refractivity contribution in [2.24, 2.45) is 0 Å². The third kappa shape index (κ3) is 2.05. The lowest BCUT2D eigenvalue weighted by Gasteiger charge is -2.12. The van der Waals surface area contributed by atoms with Gasteiger partial charge in [-0.15, -0.1) is 0 Å². The van der Waals surface area contributed by atoms with Crippen LogP contribution in [0.15, 0.2) is 18.2 Å². The molecule has 0 saturated carbocycles. The third-order valence-electron chi connectivity index (χ3n) is 1.39. The molecule has 1 rings (SSSR count). The number of anilines is 1. The van der Waals surface area contributed by atoms with Gasteiger partial charge >= 0.3 is 0 Å². The van der Waals surface area contributed by atoms with E-state index in [2.05, 4.69) is 22.6 Å². The fourth-order valence-electron chi connectivity index (χ4n) is 0.844. The van der Waals surface area contributed by atoms with Crippen LogP contribution >= 0.6 is 22.6 Å². The Labute approximate surface area is 79.3 Å². The highest BCUT2D eigenvalue weighted by atomic mass is 127. The minimum Gasteiger partial charge on any atom is -0.375 e. The number of hydrogen-bond donors (Lipinski definition) is 0. The number of rotatable bonds is 1. The van der Waals surface area contributed by atoms with E-state index < -0.39 is 0 Å². The Morgan fingerprint density at radius 3 is 2.45 bits per heavy atom. The minimum atomic E-state index is -0.165. The lowest BCUT2D eigenvalue weighted by Crippen LogP contribution is -2.10. The second kappa shape index (κ2) is 3.38. The van der Waals surface area contributed by atoms with E-state index in [1.807, 2.05) is 20.2 Å². The summed E-state index contributed by atoms with van der Waals surface area (Å²) in [6.45, 7) is 0. The lowest BCUT2D eigenvalue weighted by molar-refractivity contribution is 0.625. The highest BCUT2D eigenvalue weighted by Gasteiger charge is 2.02. The molecule has 0 bridgehead atoms. The van der Waals surface area contributed by atoms with Gasteiger partial charge < -0.3 is 4.90 Å². The molecule has 60 valence electrons. The third-order valence-corrected chi connectivity index (χ3v) is 2.06. The Balaban J connectivity index is 3.09. The summed E-state index contributed by atoms with van der Waals surface area (Å²) in [7, 11) is 3.65. The van der Waals surface area contributed by atoms with Crippen LogP contribution in [0.4, 0.5) is 10.1 Å². The fourth-order valence-corrected chi connectivity index (χ4v) is 1.30. The normalized spacial score (nSPS) is 9.82. The first kappa shape index (κ1) is 8.77.